The van der Waals surface area contributed by atoms with Gasteiger partial charge in [-0.2, -0.15) is 0 Å². The molecular formula is C46H82NO7P. The van der Waals surface area contributed by atoms with Gasteiger partial charge in [0, 0.05) is 19.6 Å². The predicted molar refractivity (Wildman–Crippen MR) is 233 cm³/mol. The molecule has 0 aromatic heterocycles. The second kappa shape index (κ2) is 43.1. The lowest BCUT2D eigenvalue weighted by Gasteiger charge is -2.20. The van der Waals surface area contributed by atoms with Crippen LogP contribution in [0.3, 0.4) is 0 Å². The van der Waals surface area contributed by atoms with Crippen LogP contribution < -0.4 is 5.73 Å². The largest absolute Gasteiger partial charge is 0.472 e. The molecule has 9 heteroatoms. The van der Waals surface area contributed by atoms with Crippen LogP contribution in [0.5, 0.6) is 0 Å². The molecule has 2 unspecified atom stereocenters. The summed E-state index contributed by atoms with van der Waals surface area (Å²) in [7, 11) is -4.28. The van der Waals surface area contributed by atoms with Crippen LogP contribution in [0.2, 0.25) is 0 Å². The maximum atomic E-state index is 12.5. The van der Waals surface area contributed by atoms with Crippen LogP contribution >= 0.6 is 7.82 Å². The standard InChI is InChI=1S/C46H82NO7P/c1-3-5-7-9-11-13-15-17-18-19-20-21-22-23-24-25-26-27-28-30-32-34-36-38-41-51-43-45(44-53-55(49,50)52-42-40-47)54-46(48)39-37-35-33-31-29-16-14-12-10-8-6-4-2/h5,7,11-14,17-18,20-21,23-24,45H,3-4,6,8-10,15-16,19,22,25-44,47H2,1-2H3,(H,49,50)/b7-5-,13-11-,14-12-,18-17-,21-20-,24-23-. The van der Waals surface area contributed by atoms with E-state index < -0.39 is 13.9 Å². The number of phosphoric ester groups is 1. The number of hydrogen-bond acceptors (Lipinski definition) is 7. The Balaban J connectivity index is 4.01. The van der Waals surface area contributed by atoms with E-state index in [-0.39, 0.29) is 32.3 Å². The van der Waals surface area contributed by atoms with E-state index >= 15 is 0 Å². The summed E-state index contributed by atoms with van der Waals surface area (Å²) in [6.45, 7) is 4.74. The van der Waals surface area contributed by atoms with Crippen molar-refractivity contribution in [3.8, 4) is 0 Å². The topological polar surface area (TPSA) is 117 Å². The third kappa shape index (κ3) is 42.9. The van der Waals surface area contributed by atoms with Crippen LogP contribution in [-0.4, -0.2) is 49.9 Å². The van der Waals surface area contributed by atoms with E-state index in [9.17, 15) is 14.3 Å². The van der Waals surface area contributed by atoms with Crippen molar-refractivity contribution in [2.24, 2.45) is 5.73 Å². The third-order valence-electron chi connectivity index (χ3n) is 8.86. The number of phosphoric acid groups is 1. The summed E-state index contributed by atoms with van der Waals surface area (Å²) in [4.78, 5) is 22.4. The molecule has 55 heavy (non-hydrogen) atoms. The molecule has 0 fully saturated rings. The smallest absolute Gasteiger partial charge is 0.457 e. The lowest BCUT2D eigenvalue weighted by Crippen LogP contribution is -2.28. The summed E-state index contributed by atoms with van der Waals surface area (Å²) < 4.78 is 33.4. The summed E-state index contributed by atoms with van der Waals surface area (Å²) in [5.41, 5.74) is 5.36. The highest BCUT2D eigenvalue weighted by Gasteiger charge is 2.25. The molecule has 318 valence electrons. The fourth-order valence-corrected chi connectivity index (χ4v) is 6.43. The number of esters is 1. The minimum absolute atomic E-state index is 0.0942. The summed E-state index contributed by atoms with van der Waals surface area (Å²) in [5.74, 6) is -0.347. The monoisotopic (exact) mass is 792 g/mol. The molecule has 0 bridgehead atoms. The van der Waals surface area contributed by atoms with Gasteiger partial charge in [0.2, 0.25) is 0 Å². The van der Waals surface area contributed by atoms with Gasteiger partial charge in [-0.05, 0) is 83.5 Å². The average Bonchev–Trinajstić information content (AvgIpc) is 3.17. The van der Waals surface area contributed by atoms with Gasteiger partial charge in [0.1, 0.15) is 6.10 Å². The van der Waals surface area contributed by atoms with Gasteiger partial charge in [0.05, 0.1) is 19.8 Å². The lowest BCUT2D eigenvalue weighted by atomic mass is 10.1. The summed E-state index contributed by atoms with van der Waals surface area (Å²) >= 11 is 0. The highest BCUT2D eigenvalue weighted by Crippen LogP contribution is 2.43. The second-order valence-electron chi connectivity index (χ2n) is 14.2. The molecule has 0 aliphatic rings. The van der Waals surface area contributed by atoms with Gasteiger partial charge >= 0.3 is 13.8 Å². The summed E-state index contributed by atoms with van der Waals surface area (Å²) in [5, 5.41) is 0. The SMILES string of the molecule is CC/C=C\C/C=C\C/C=C\C/C=C\C/C=C\CCCCCCCCCCOCC(COP(=O)(O)OCCN)OC(=O)CCCCCCC/C=C\CCCCC. The Morgan fingerprint density at radius 2 is 1.02 bits per heavy atom. The zero-order valence-electron chi connectivity index (χ0n) is 35.1. The molecule has 2 atom stereocenters. The van der Waals surface area contributed by atoms with E-state index in [1.54, 1.807) is 0 Å². The molecule has 0 aromatic carbocycles. The Bertz CT molecular complexity index is 1070. The van der Waals surface area contributed by atoms with E-state index in [4.69, 9.17) is 24.3 Å². The number of rotatable bonds is 41. The van der Waals surface area contributed by atoms with Crippen LogP contribution in [0.1, 0.15) is 174 Å². The quantitative estimate of drug-likeness (QED) is 0.0272. The Morgan fingerprint density at radius 3 is 1.55 bits per heavy atom. The van der Waals surface area contributed by atoms with Crippen molar-refractivity contribution in [1.29, 1.82) is 0 Å². The van der Waals surface area contributed by atoms with Crippen LogP contribution in [0.25, 0.3) is 0 Å². The molecule has 0 spiro atoms. The van der Waals surface area contributed by atoms with Crippen LogP contribution in [-0.2, 0) is 27.9 Å². The molecule has 0 heterocycles. The first-order valence-corrected chi connectivity index (χ1v) is 23.4. The van der Waals surface area contributed by atoms with E-state index in [1.165, 1.54) is 70.6 Å². The summed E-state index contributed by atoms with van der Waals surface area (Å²) in [6.07, 6.45) is 53.5. The van der Waals surface area contributed by atoms with Crippen LogP contribution in [0.4, 0.5) is 0 Å². The minimum Gasteiger partial charge on any atom is -0.457 e. The van der Waals surface area contributed by atoms with Crippen molar-refractivity contribution < 1.29 is 32.8 Å². The van der Waals surface area contributed by atoms with E-state index in [1.807, 2.05) is 0 Å². The zero-order valence-corrected chi connectivity index (χ0v) is 36.0. The van der Waals surface area contributed by atoms with Gasteiger partial charge in [-0.3, -0.25) is 13.8 Å². The molecule has 0 saturated heterocycles. The number of nitrogens with two attached hydrogens (primary N) is 1. The minimum atomic E-state index is -4.28. The van der Waals surface area contributed by atoms with Crippen molar-refractivity contribution in [2.45, 2.75) is 180 Å². The number of hydrogen-bond donors (Lipinski definition) is 2. The number of allylic oxidation sites excluding steroid dienone is 12. The molecular weight excluding hydrogens is 709 g/mol. The molecule has 0 saturated carbocycles. The highest BCUT2D eigenvalue weighted by atomic mass is 31.2. The van der Waals surface area contributed by atoms with Crippen molar-refractivity contribution >= 4 is 13.8 Å². The van der Waals surface area contributed by atoms with Gasteiger partial charge in [-0.25, -0.2) is 4.57 Å². The maximum Gasteiger partial charge on any atom is 0.472 e. The Labute approximate surface area is 337 Å². The van der Waals surface area contributed by atoms with Gasteiger partial charge < -0.3 is 20.1 Å². The van der Waals surface area contributed by atoms with Crippen molar-refractivity contribution in [3.05, 3.63) is 72.9 Å². The Kier molecular flexibility index (Phi) is 41.5. The number of ether oxygens (including phenoxy) is 2. The fraction of sp³-hybridized carbons (Fsp3) is 0.717. The van der Waals surface area contributed by atoms with Gasteiger partial charge in [0.15, 0.2) is 0 Å². The lowest BCUT2D eigenvalue weighted by molar-refractivity contribution is -0.154. The van der Waals surface area contributed by atoms with E-state index in [2.05, 4.69) is 86.8 Å². The van der Waals surface area contributed by atoms with Crippen molar-refractivity contribution in [1.82, 2.24) is 0 Å². The second-order valence-corrected chi connectivity index (χ2v) is 15.6. The molecule has 8 nitrogen and oxygen atoms in total. The van der Waals surface area contributed by atoms with Crippen molar-refractivity contribution in [2.75, 3.05) is 33.0 Å². The molecule has 0 aliphatic carbocycles. The fourth-order valence-electron chi connectivity index (χ4n) is 5.66. The van der Waals surface area contributed by atoms with Gasteiger partial charge in [0.25, 0.3) is 0 Å². The molecule has 0 aliphatic heterocycles. The predicted octanol–water partition coefficient (Wildman–Crippen LogP) is 13.1. The molecule has 0 rings (SSSR count). The van der Waals surface area contributed by atoms with E-state index in [0.717, 1.165) is 83.5 Å². The van der Waals surface area contributed by atoms with Crippen LogP contribution in [0, 0.1) is 0 Å². The molecule has 0 radical (unpaired) electrons. The third-order valence-corrected chi connectivity index (χ3v) is 9.84. The molecule has 0 aromatic rings. The number of unbranched alkanes of at least 4 members (excludes halogenated alkanes) is 16. The zero-order chi connectivity index (χ0) is 40.2. The Hall–Kier alpha value is -2.06. The molecule has 3 N–H and O–H groups in total. The average molecular weight is 792 g/mol. The highest BCUT2D eigenvalue weighted by molar-refractivity contribution is 7.47. The number of carbonyl (C=O) groups is 1. The van der Waals surface area contributed by atoms with Gasteiger partial charge in [-0.1, -0.05) is 157 Å². The number of carbonyl (C=O) groups excluding carboxylic acids is 1. The molecule has 0 amide bonds. The van der Waals surface area contributed by atoms with Gasteiger partial charge in [-0.15, -0.1) is 0 Å². The van der Waals surface area contributed by atoms with Crippen molar-refractivity contribution in [3.63, 3.8) is 0 Å². The summed E-state index contributed by atoms with van der Waals surface area (Å²) in [6, 6.07) is 0. The maximum absolute atomic E-state index is 12.5. The Morgan fingerprint density at radius 1 is 0.564 bits per heavy atom. The first-order valence-electron chi connectivity index (χ1n) is 21.9. The first kappa shape index (κ1) is 52.9. The van der Waals surface area contributed by atoms with E-state index in [0.29, 0.717) is 13.0 Å². The normalized spacial score (nSPS) is 14.2. The first-order chi connectivity index (χ1) is 26.9. The van der Waals surface area contributed by atoms with Crippen LogP contribution in [0.15, 0.2) is 72.9 Å².